The zero-order chi connectivity index (χ0) is 14.1. The summed E-state index contributed by atoms with van der Waals surface area (Å²) in [7, 11) is -10.0. The molecule has 6 N–H and O–H groups in total. The lowest BCUT2D eigenvalue weighted by molar-refractivity contribution is 0.337. The van der Waals surface area contributed by atoms with Gasteiger partial charge in [-0.05, 0) is 17.7 Å². The van der Waals surface area contributed by atoms with Crippen molar-refractivity contribution in [2.75, 3.05) is 5.73 Å². The van der Waals surface area contributed by atoms with Crippen molar-refractivity contribution in [1.82, 2.24) is 0 Å². The second kappa shape index (κ2) is 5.35. The van der Waals surface area contributed by atoms with Crippen LogP contribution in [0.4, 0.5) is 5.69 Å². The first-order chi connectivity index (χ1) is 8.03. The lowest BCUT2D eigenvalue weighted by Crippen LogP contribution is -2.16. The molecular formula is C8H13NO6P2S. The summed E-state index contributed by atoms with van der Waals surface area (Å²) in [5, 5.41) is -3.52. The third-order valence-electron chi connectivity index (χ3n) is 2.22. The van der Waals surface area contributed by atoms with Crippen molar-refractivity contribution in [2.24, 2.45) is 0 Å². The summed E-state index contributed by atoms with van der Waals surface area (Å²) in [4.78, 5) is 36.2. The van der Waals surface area contributed by atoms with Crippen molar-refractivity contribution in [3.05, 3.63) is 29.8 Å². The summed E-state index contributed by atoms with van der Waals surface area (Å²) in [5.41, 5.74) is 6.03. The second-order valence-corrected chi connectivity index (χ2v) is 8.14. The normalized spacial score (nSPS) is 14.8. The van der Waals surface area contributed by atoms with Crippen LogP contribution < -0.4 is 5.73 Å². The summed E-state index contributed by atoms with van der Waals surface area (Å²) in [6, 6.07) is 5.83. The van der Waals surface area contributed by atoms with Crippen LogP contribution in [0.25, 0.3) is 0 Å². The van der Waals surface area contributed by atoms with E-state index >= 15 is 0 Å². The lowest BCUT2D eigenvalue weighted by atomic mass is 10.1. The Hall–Kier alpha value is -0.330. The topological polar surface area (TPSA) is 141 Å². The van der Waals surface area contributed by atoms with Gasteiger partial charge in [-0.3, -0.25) is 9.13 Å². The quantitative estimate of drug-likeness (QED) is 0.276. The number of thiol groups is 1. The van der Waals surface area contributed by atoms with Crippen molar-refractivity contribution >= 4 is 33.5 Å². The lowest BCUT2D eigenvalue weighted by Gasteiger charge is -2.25. The fourth-order valence-corrected chi connectivity index (χ4v) is 5.33. The van der Waals surface area contributed by atoms with E-state index in [0.29, 0.717) is 5.69 Å². The van der Waals surface area contributed by atoms with Crippen LogP contribution in [0.2, 0.25) is 0 Å². The summed E-state index contributed by atoms with van der Waals surface area (Å²) < 4.78 is 22.4. The molecule has 18 heavy (non-hydrogen) atoms. The minimum Gasteiger partial charge on any atom is -0.399 e. The van der Waals surface area contributed by atoms with E-state index < -0.39 is 25.8 Å². The molecule has 0 fully saturated rings. The predicted octanol–water partition coefficient (Wildman–Crippen LogP) is 0.921. The highest BCUT2D eigenvalue weighted by atomic mass is 32.1. The zero-order valence-electron chi connectivity index (χ0n) is 8.99. The Labute approximate surface area is 109 Å². The van der Waals surface area contributed by atoms with Gasteiger partial charge in [0.05, 0.1) is 5.25 Å². The molecule has 0 heterocycles. The average Bonchev–Trinajstić information content (AvgIpc) is 2.12. The van der Waals surface area contributed by atoms with Crippen molar-refractivity contribution in [3.8, 4) is 0 Å². The Morgan fingerprint density at radius 1 is 1.11 bits per heavy atom. The molecular weight excluding hydrogens is 300 g/mol. The van der Waals surface area contributed by atoms with E-state index in [4.69, 9.17) is 25.3 Å². The van der Waals surface area contributed by atoms with Crippen molar-refractivity contribution in [3.63, 3.8) is 0 Å². The number of hydrogen-bond acceptors (Lipinski definition) is 4. The Morgan fingerprint density at radius 2 is 1.61 bits per heavy atom. The van der Waals surface area contributed by atoms with Gasteiger partial charge in [0.2, 0.25) is 0 Å². The van der Waals surface area contributed by atoms with E-state index in [2.05, 4.69) is 12.6 Å². The first-order valence-electron chi connectivity index (χ1n) is 4.67. The van der Waals surface area contributed by atoms with E-state index in [1.54, 1.807) is 0 Å². The van der Waals surface area contributed by atoms with E-state index in [9.17, 15) is 9.13 Å². The number of benzene rings is 1. The average molecular weight is 313 g/mol. The first-order valence-corrected chi connectivity index (χ1v) is 8.55. The van der Waals surface area contributed by atoms with E-state index in [-0.39, 0.29) is 5.56 Å². The van der Waals surface area contributed by atoms with Gasteiger partial charge < -0.3 is 25.3 Å². The molecule has 1 atom stereocenters. The van der Waals surface area contributed by atoms with Gasteiger partial charge in [0.25, 0.3) is 0 Å². The molecule has 0 radical (unpaired) electrons. The third kappa shape index (κ3) is 3.83. The maximum Gasteiger partial charge on any atom is 0.342 e. The van der Waals surface area contributed by atoms with Crippen molar-refractivity contribution < 1.29 is 28.7 Å². The van der Waals surface area contributed by atoms with Crippen LogP contribution in [0.5, 0.6) is 0 Å². The molecule has 0 aliphatic heterocycles. The van der Waals surface area contributed by atoms with Crippen LogP contribution in [0.1, 0.15) is 10.8 Å². The number of rotatable bonds is 4. The van der Waals surface area contributed by atoms with Gasteiger partial charge in [0.15, 0.2) is 5.40 Å². The molecule has 0 bridgehead atoms. The van der Waals surface area contributed by atoms with Crippen molar-refractivity contribution in [2.45, 2.75) is 10.7 Å². The van der Waals surface area contributed by atoms with Gasteiger partial charge in [-0.2, -0.15) is 12.6 Å². The third-order valence-corrected chi connectivity index (χ3v) is 7.07. The molecule has 0 aliphatic carbocycles. The number of hydrogen-bond donors (Lipinski definition) is 6. The minimum absolute atomic E-state index is 0.231. The number of anilines is 1. The standard InChI is InChI=1S/C8H13NO6P2S/c9-6-3-1-2-5(4-6)7(18)8(16(10,11)12)17(13,14)15/h1-4,7-8,18H,9H2,(H2,10,11,12)(H2,13,14,15). The van der Waals surface area contributed by atoms with Crippen molar-refractivity contribution in [1.29, 1.82) is 0 Å². The molecule has 10 heteroatoms. The largest absolute Gasteiger partial charge is 0.399 e. The fraction of sp³-hybridized carbons (Fsp3) is 0.250. The Kier molecular flexibility index (Phi) is 4.67. The van der Waals surface area contributed by atoms with Gasteiger partial charge >= 0.3 is 15.2 Å². The predicted molar refractivity (Wildman–Crippen MR) is 70.5 cm³/mol. The molecule has 7 nitrogen and oxygen atoms in total. The summed E-state index contributed by atoms with van der Waals surface area (Å²) in [6.45, 7) is 0. The molecule has 1 aromatic carbocycles. The van der Waals surface area contributed by atoms with Gasteiger partial charge in [-0.15, -0.1) is 0 Å². The van der Waals surface area contributed by atoms with E-state index in [0.717, 1.165) is 0 Å². The molecule has 0 saturated heterocycles. The van der Waals surface area contributed by atoms with Gasteiger partial charge in [0, 0.05) is 5.69 Å². The van der Waals surface area contributed by atoms with E-state index in [1.807, 2.05) is 0 Å². The second-order valence-electron chi connectivity index (χ2n) is 3.71. The zero-order valence-corrected chi connectivity index (χ0v) is 11.7. The van der Waals surface area contributed by atoms with Gasteiger partial charge in [-0.25, -0.2) is 0 Å². The highest BCUT2D eigenvalue weighted by Crippen LogP contribution is 2.65. The first kappa shape index (κ1) is 15.7. The SMILES string of the molecule is Nc1cccc(C(S)C(P(=O)(O)O)P(=O)(O)O)c1. The highest BCUT2D eigenvalue weighted by molar-refractivity contribution is 7.83. The molecule has 1 rings (SSSR count). The Morgan fingerprint density at radius 3 is 2.00 bits per heavy atom. The molecule has 102 valence electrons. The van der Waals surface area contributed by atoms with Crippen LogP contribution in [-0.4, -0.2) is 25.0 Å². The van der Waals surface area contributed by atoms with Crippen LogP contribution in [0.15, 0.2) is 24.3 Å². The highest BCUT2D eigenvalue weighted by Gasteiger charge is 2.48. The number of nitrogen functional groups attached to an aromatic ring is 1. The Bertz CT molecular complexity index is 504. The van der Waals surface area contributed by atoms with Crippen LogP contribution in [-0.2, 0) is 9.13 Å². The maximum absolute atomic E-state index is 11.2. The summed E-state index contributed by atoms with van der Waals surface area (Å²) in [5.74, 6) is 0. The Balaban J connectivity index is 3.24. The van der Waals surface area contributed by atoms with Crippen LogP contribution in [0.3, 0.4) is 0 Å². The summed E-state index contributed by atoms with van der Waals surface area (Å²) >= 11 is 3.91. The molecule has 0 amide bonds. The number of nitrogens with two attached hydrogens (primary N) is 1. The minimum atomic E-state index is -5.01. The molecule has 0 spiro atoms. The molecule has 0 aliphatic rings. The monoisotopic (exact) mass is 313 g/mol. The van der Waals surface area contributed by atoms with Gasteiger partial charge in [0.1, 0.15) is 0 Å². The van der Waals surface area contributed by atoms with Gasteiger partial charge in [-0.1, -0.05) is 12.1 Å². The molecule has 0 saturated carbocycles. The maximum atomic E-state index is 11.2. The molecule has 1 aromatic rings. The molecule has 0 aromatic heterocycles. The van der Waals surface area contributed by atoms with Crippen LogP contribution >= 0.6 is 27.8 Å². The van der Waals surface area contributed by atoms with Crippen LogP contribution in [0, 0.1) is 0 Å². The smallest absolute Gasteiger partial charge is 0.342 e. The summed E-state index contributed by atoms with van der Waals surface area (Å²) in [6.07, 6.45) is 0. The fourth-order valence-electron chi connectivity index (χ4n) is 1.48. The molecule has 1 unspecified atom stereocenters. The van der Waals surface area contributed by atoms with E-state index in [1.165, 1.54) is 24.3 Å².